The Kier molecular flexibility index (Phi) is 4.61. The summed E-state index contributed by atoms with van der Waals surface area (Å²) in [6.45, 7) is 7.23. The van der Waals surface area contributed by atoms with Crippen molar-refractivity contribution in [3.05, 3.63) is 72.8 Å². The van der Waals surface area contributed by atoms with Crippen molar-refractivity contribution in [1.29, 1.82) is 0 Å². The fraction of sp³-hybridized carbons (Fsp3) is 0.167. The molecular formula is C24H24O2P2. The van der Waals surface area contributed by atoms with Crippen LogP contribution in [0.4, 0.5) is 0 Å². The van der Waals surface area contributed by atoms with Gasteiger partial charge in [-0.3, -0.25) is 0 Å². The van der Waals surface area contributed by atoms with Gasteiger partial charge in [0.2, 0.25) is 0 Å². The van der Waals surface area contributed by atoms with E-state index < -0.39 is 14.3 Å². The Morgan fingerprint density at radius 3 is 1.21 bits per heavy atom. The highest BCUT2D eigenvalue weighted by Crippen LogP contribution is 2.47. The van der Waals surface area contributed by atoms with Crippen molar-refractivity contribution >= 4 is 46.4 Å². The second-order valence-corrected chi connectivity index (χ2v) is 14.4. The maximum absolute atomic E-state index is 13.3. The van der Waals surface area contributed by atoms with Crippen LogP contribution in [0.25, 0.3) is 32.7 Å². The van der Waals surface area contributed by atoms with Crippen molar-refractivity contribution in [1.82, 2.24) is 0 Å². The molecular weight excluding hydrogens is 382 g/mol. The summed E-state index contributed by atoms with van der Waals surface area (Å²) in [5.74, 6) is 0. The summed E-state index contributed by atoms with van der Waals surface area (Å²) in [5.41, 5.74) is 1.92. The molecule has 4 rings (SSSR count). The molecule has 0 spiro atoms. The predicted molar refractivity (Wildman–Crippen MR) is 125 cm³/mol. The number of fused-ring (bicyclic) bond motifs is 2. The molecule has 4 heteroatoms. The first-order valence-electron chi connectivity index (χ1n) is 9.33. The van der Waals surface area contributed by atoms with Crippen LogP contribution in [-0.4, -0.2) is 26.7 Å². The zero-order valence-electron chi connectivity index (χ0n) is 16.6. The van der Waals surface area contributed by atoms with Gasteiger partial charge in [0.25, 0.3) is 0 Å². The first kappa shape index (κ1) is 19.2. The summed E-state index contributed by atoms with van der Waals surface area (Å²) in [7, 11) is -5.13. The van der Waals surface area contributed by atoms with Gasteiger partial charge in [-0.15, -0.1) is 0 Å². The zero-order chi connectivity index (χ0) is 20.1. The van der Waals surface area contributed by atoms with Gasteiger partial charge in [-0.2, -0.15) is 0 Å². The van der Waals surface area contributed by atoms with E-state index in [1.807, 2.05) is 75.2 Å². The molecule has 2 nitrogen and oxygen atoms in total. The standard InChI is InChI=1S/C24H24O2P2/c1-27(2,25)21-15-13-17-9-5-7-11-19(17)23(21)24-20-12-8-6-10-18(20)14-16-22(24)28(3,4)26/h5-16H,1-4H3. The molecule has 0 unspecified atom stereocenters. The van der Waals surface area contributed by atoms with Gasteiger partial charge in [-0.05, 0) is 48.2 Å². The Labute approximate surface area is 166 Å². The molecule has 4 aromatic rings. The highest BCUT2D eigenvalue weighted by atomic mass is 31.2. The van der Waals surface area contributed by atoms with E-state index >= 15 is 0 Å². The maximum atomic E-state index is 13.3. The van der Waals surface area contributed by atoms with Crippen molar-refractivity contribution in [2.45, 2.75) is 0 Å². The fourth-order valence-corrected chi connectivity index (χ4v) is 6.35. The second-order valence-electron chi connectivity index (χ2n) is 8.06. The van der Waals surface area contributed by atoms with E-state index in [4.69, 9.17) is 0 Å². The van der Waals surface area contributed by atoms with Crippen molar-refractivity contribution in [3.63, 3.8) is 0 Å². The van der Waals surface area contributed by atoms with Gasteiger partial charge in [0.05, 0.1) is 0 Å². The van der Waals surface area contributed by atoms with Gasteiger partial charge in [0.15, 0.2) is 0 Å². The smallest absolute Gasteiger partial charge is 0.110 e. The lowest BCUT2D eigenvalue weighted by Gasteiger charge is -2.22. The summed E-state index contributed by atoms with van der Waals surface area (Å²) < 4.78 is 26.6. The second kappa shape index (κ2) is 6.73. The van der Waals surface area contributed by atoms with Gasteiger partial charge in [0, 0.05) is 21.7 Å². The highest BCUT2D eigenvalue weighted by Gasteiger charge is 2.26. The largest absolute Gasteiger partial charge is 0.319 e. The molecule has 0 radical (unpaired) electrons. The Bertz CT molecular complexity index is 1210. The van der Waals surface area contributed by atoms with Gasteiger partial charge >= 0.3 is 0 Å². The van der Waals surface area contributed by atoms with Crippen LogP contribution < -0.4 is 10.6 Å². The first-order valence-corrected chi connectivity index (χ1v) is 14.5. The van der Waals surface area contributed by atoms with Crippen LogP contribution in [0.2, 0.25) is 0 Å². The van der Waals surface area contributed by atoms with E-state index in [0.717, 1.165) is 43.3 Å². The lowest BCUT2D eigenvalue weighted by molar-refractivity contribution is 0.587. The Hall–Kier alpha value is -2.14. The lowest BCUT2D eigenvalue weighted by atomic mass is 9.93. The maximum Gasteiger partial charge on any atom is 0.110 e. The third kappa shape index (κ3) is 3.26. The molecule has 0 heterocycles. The third-order valence-electron chi connectivity index (χ3n) is 5.22. The topological polar surface area (TPSA) is 34.1 Å². The molecule has 4 aromatic carbocycles. The highest BCUT2D eigenvalue weighted by molar-refractivity contribution is 7.71. The average Bonchev–Trinajstić information content (AvgIpc) is 2.64. The van der Waals surface area contributed by atoms with Crippen LogP contribution in [-0.2, 0) is 9.13 Å². The van der Waals surface area contributed by atoms with E-state index in [-0.39, 0.29) is 0 Å². The Balaban J connectivity index is 2.31. The zero-order valence-corrected chi connectivity index (χ0v) is 18.4. The third-order valence-corrected chi connectivity index (χ3v) is 8.29. The molecule has 0 saturated heterocycles. The van der Waals surface area contributed by atoms with E-state index in [2.05, 4.69) is 24.3 Å². The van der Waals surface area contributed by atoms with E-state index in [1.165, 1.54) is 0 Å². The summed E-state index contributed by atoms with van der Waals surface area (Å²) in [4.78, 5) is 0. The van der Waals surface area contributed by atoms with E-state index in [9.17, 15) is 9.13 Å². The molecule has 0 bridgehead atoms. The van der Waals surface area contributed by atoms with E-state index in [1.54, 1.807) is 0 Å². The Morgan fingerprint density at radius 2 is 0.857 bits per heavy atom. The molecule has 142 valence electrons. The monoisotopic (exact) mass is 406 g/mol. The molecule has 0 atom stereocenters. The van der Waals surface area contributed by atoms with Gasteiger partial charge < -0.3 is 9.13 Å². The molecule has 0 aliphatic heterocycles. The number of hydrogen-bond donors (Lipinski definition) is 0. The summed E-state index contributed by atoms with van der Waals surface area (Å²) >= 11 is 0. The number of hydrogen-bond acceptors (Lipinski definition) is 2. The molecule has 0 saturated carbocycles. The van der Waals surface area contributed by atoms with Gasteiger partial charge in [-0.25, -0.2) is 0 Å². The number of benzene rings is 4. The predicted octanol–water partition coefficient (Wildman–Crippen LogP) is 6.16. The molecule has 0 aromatic heterocycles. The summed E-state index contributed by atoms with van der Waals surface area (Å²) in [6.07, 6.45) is 0. The van der Waals surface area contributed by atoms with Crippen LogP contribution in [0.5, 0.6) is 0 Å². The van der Waals surface area contributed by atoms with Crippen LogP contribution in [0.1, 0.15) is 0 Å². The fourth-order valence-electron chi connectivity index (χ4n) is 3.94. The van der Waals surface area contributed by atoms with Crippen molar-refractivity contribution in [2.24, 2.45) is 0 Å². The molecule has 0 aliphatic rings. The minimum Gasteiger partial charge on any atom is -0.319 e. The SMILES string of the molecule is CP(C)(=O)c1ccc2ccccc2c1-c1c(P(C)(C)=O)ccc2ccccc12. The minimum absolute atomic E-state index is 0.845. The van der Waals surface area contributed by atoms with Crippen LogP contribution >= 0.6 is 14.3 Å². The van der Waals surface area contributed by atoms with Crippen molar-refractivity contribution in [3.8, 4) is 11.1 Å². The Morgan fingerprint density at radius 1 is 0.500 bits per heavy atom. The van der Waals surface area contributed by atoms with Crippen LogP contribution in [0.3, 0.4) is 0 Å². The van der Waals surface area contributed by atoms with Gasteiger partial charge in [-0.1, -0.05) is 72.8 Å². The quantitative estimate of drug-likeness (QED) is 0.382. The molecule has 0 aliphatic carbocycles. The molecule has 28 heavy (non-hydrogen) atoms. The first-order chi connectivity index (χ1) is 13.2. The van der Waals surface area contributed by atoms with Gasteiger partial charge in [0.1, 0.15) is 14.3 Å². The van der Waals surface area contributed by atoms with Crippen molar-refractivity contribution in [2.75, 3.05) is 26.7 Å². The normalized spacial score (nSPS) is 12.6. The van der Waals surface area contributed by atoms with Crippen LogP contribution in [0, 0.1) is 0 Å². The summed E-state index contributed by atoms with van der Waals surface area (Å²) in [6, 6.07) is 24.4. The lowest BCUT2D eigenvalue weighted by Crippen LogP contribution is -2.15. The van der Waals surface area contributed by atoms with Crippen LogP contribution in [0.15, 0.2) is 72.8 Å². The van der Waals surface area contributed by atoms with E-state index in [0.29, 0.717) is 0 Å². The molecule has 0 N–H and O–H groups in total. The molecule has 0 fully saturated rings. The molecule has 0 amide bonds. The number of rotatable bonds is 3. The average molecular weight is 406 g/mol. The van der Waals surface area contributed by atoms with Crippen molar-refractivity contribution < 1.29 is 9.13 Å². The summed E-state index contributed by atoms with van der Waals surface area (Å²) in [5, 5.41) is 5.98. The minimum atomic E-state index is -2.57.